The van der Waals surface area contributed by atoms with E-state index in [2.05, 4.69) is 19.2 Å². The lowest BCUT2D eigenvalue weighted by Crippen LogP contribution is -2.24. The highest BCUT2D eigenvalue weighted by atomic mass is 16.3. The summed E-state index contributed by atoms with van der Waals surface area (Å²) in [6.07, 6.45) is 3.55. The number of aliphatic hydroxyl groups excluding tert-OH is 1. The maximum absolute atomic E-state index is 11.0. The lowest BCUT2D eigenvalue weighted by atomic mass is 9.77. The molecular weight excluding hydrogens is 244 g/mol. The van der Waals surface area contributed by atoms with Crippen molar-refractivity contribution in [1.82, 2.24) is 17.6 Å². The van der Waals surface area contributed by atoms with Gasteiger partial charge in [0.1, 0.15) is 0 Å². The maximum Gasteiger partial charge on any atom is 0.156 e. The van der Waals surface area contributed by atoms with Gasteiger partial charge in [0.25, 0.3) is 0 Å². The largest absolute Gasteiger partial charge is 0.395 e. The fourth-order valence-corrected chi connectivity index (χ4v) is 1.97. The Balaban J connectivity index is -0.000000258. The van der Waals surface area contributed by atoms with Crippen molar-refractivity contribution < 1.29 is 9.90 Å². The van der Waals surface area contributed by atoms with Gasteiger partial charge in [-0.25, -0.2) is 0 Å². The molecule has 1 aliphatic carbocycles. The monoisotopic (exact) mass is 276 g/mol. The summed E-state index contributed by atoms with van der Waals surface area (Å²) in [5, 5.41) is 11.1. The van der Waals surface area contributed by atoms with Crippen LogP contribution in [0.1, 0.15) is 33.6 Å². The normalized spacial score (nSPS) is 16.3. The van der Waals surface area contributed by atoms with Crippen molar-refractivity contribution in [2.24, 2.45) is 11.1 Å². The maximum atomic E-state index is 11.0. The van der Waals surface area contributed by atoms with Crippen molar-refractivity contribution in [3.8, 4) is 0 Å². The highest BCUT2D eigenvalue weighted by Gasteiger charge is 2.25. The third kappa shape index (κ3) is 13.4. The summed E-state index contributed by atoms with van der Waals surface area (Å²) in [5.74, 6) is 0.286. The Hall–Kier alpha value is -0.790. The molecule has 0 bridgehead atoms. The Kier molecular flexibility index (Phi) is 15.0. The van der Waals surface area contributed by atoms with Crippen LogP contribution in [-0.2, 0) is 4.79 Å². The van der Waals surface area contributed by atoms with Gasteiger partial charge in [-0.2, -0.15) is 0 Å². The van der Waals surface area contributed by atoms with Gasteiger partial charge in [0.15, 0.2) is 5.78 Å². The van der Waals surface area contributed by atoms with Gasteiger partial charge in [0.05, 0.1) is 6.61 Å². The molecule has 0 aromatic heterocycles. The number of hydrogen-bond acceptors (Lipinski definition) is 6. The SMILES string of the molecule is CC1=CC(=O)CC(C)(C)C1.N.N.NCCNCCO. The van der Waals surface area contributed by atoms with E-state index in [9.17, 15) is 4.79 Å². The molecule has 0 radical (unpaired) electrons. The molecule has 6 heteroatoms. The molecule has 1 rings (SSSR count). The second-order valence-corrected chi connectivity index (χ2v) is 5.24. The molecule has 19 heavy (non-hydrogen) atoms. The van der Waals surface area contributed by atoms with Crippen molar-refractivity contribution in [2.45, 2.75) is 33.6 Å². The van der Waals surface area contributed by atoms with E-state index in [1.807, 2.05) is 6.92 Å². The average Bonchev–Trinajstić information content (AvgIpc) is 2.15. The first-order valence-electron chi connectivity index (χ1n) is 6.13. The van der Waals surface area contributed by atoms with E-state index in [-0.39, 0.29) is 30.1 Å². The summed E-state index contributed by atoms with van der Waals surface area (Å²) in [6.45, 7) is 8.58. The average molecular weight is 276 g/mol. The van der Waals surface area contributed by atoms with Crippen LogP contribution in [0.2, 0.25) is 0 Å². The molecule has 1 aliphatic rings. The zero-order valence-electron chi connectivity index (χ0n) is 12.7. The number of carbonyl (C=O) groups excluding carboxylic acids is 1. The van der Waals surface area contributed by atoms with E-state index in [0.717, 1.165) is 13.0 Å². The predicted octanol–water partition coefficient (Wildman–Crippen LogP) is 1.17. The molecule has 10 N–H and O–H groups in total. The number of rotatable bonds is 4. The highest BCUT2D eigenvalue weighted by Crippen LogP contribution is 2.32. The third-order valence-corrected chi connectivity index (χ3v) is 2.43. The Morgan fingerprint density at radius 2 is 1.89 bits per heavy atom. The van der Waals surface area contributed by atoms with E-state index >= 15 is 0 Å². The fraction of sp³-hybridized carbons (Fsp3) is 0.769. The lowest BCUT2D eigenvalue weighted by molar-refractivity contribution is -0.117. The van der Waals surface area contributed by atoms with Crippen LogP contribution < -0.4 is 23.4 Å². The van der Waals surface area contributed by atoms with Gasteiger partial charge in [-0.05, 0) is 24.8 Å². The molecule has 116 valence electrons. The van der Waals surface area contributed by atoms with Crippen LogP contribution in [-0.4, -0.2) is 37.1 Å². The Labute approximate surface area is 117 Å². The van der Waals surface area contributed by atoms with E-state index in [0.29, 0.717) is 19.5 Å². The number of aliphatic hydroxyl groups is 1. The van der Waals surface area contributed by atoms with E-state index in [4.69, 9.17) is 10.8 Å². The zero-order chi connectivity index (χ0) is 13.3. The summed E-state index contributed by atoms with van der Waals surface area (Å²) in [7, 11) is 0. The van der Waals surface area contributed by atoms with Gasteiger partial charge >= 0.3 is 0 Å². The van der Waals surface area contributed by atoms with Crippen molar-refractivity contribution in [1.29, 1.82) is 0 Å². The molecule has 0 atom stereocenters. The molecule has 0 heterocycles. The highest BCUT2D eigenvalue weighted by molar-refractivity contribution is 5.91. The minimum absolute atomic E-state index is 0. The van der Waals surface area contributed by atoms with Gasteiger partial charge in [-0.1, -0.05) is 19.4 Å². The van der Waals surface area contributed by atoms with Crippen molar-refractivity contribution in [3.05, 3.63) is 11.6 Å². The number of hydrogen-bond donors (Lipinski definition) is 5. The molecule has 0 aromatic rings. The minimum atomic E-state index is 0. The lowest BCUT2D eigenvalue weighted by Gasteiger charge is -2.27. The molecule has 0 aromatic carbocycles. The second kappa shape index (κ2) is 12.3. The number of ketones is 1. The fourth-order valence-electron chi connectivity index (χ4n) is 1.97. The second-order valence-electron chi connectivity index (χ2n) is 5.24. The van der Waals surface area contributed by atoms with Crippen LogP contribution in [0.4, 0.5) is 0 Å². The molecular formula is C13H32N4O2. The summed E-state index contributed by atoms with van der Waals surface area (Å²) in [6, 6.07) is 0. The van der Waals surface area contributed by atoms with Gasteiger partial charge in [-0.3, -0.25) is 4.79 Å². The minimum Gasteiger partial charge on any atom is -0.395 e. The van der Waals surface area contributed by atoms with Gasteiger partial charge in [0.2, 0.25) is 0 Å². The van der Waals surface area contributed by atoms with Gasteiger partial charge in [-0.15, -0.1) is 0 Å². The Morgan fingerprint density at radius 3 is 2.26 bits per heavy atom. The molecule has 0 saturated heterocycles. The summed E-state index contributed by atoms with van der Waals surface area (Å²) in [5.41, 5.74) is 6.55. The molecule has 0 fully saturated rings. The van der Waals surface area contributed by atoms with E-state index < -0.39 is 0 Å². The zero-order valence-corrected chi connectivity index (χ0v) is 12.7. The standard InChI is InChI=1S/C9H14O.C4H12N2O.2H3N/c1-7-4-8(10)6-9(2,3)5-7;5-1-2-6-3-4-7;;/h4H,5-6H2,1-3H3;6-7H,1-5H2;2*1H3. The number of allylic oxidation sites excluding steroid dienone is 2. The smallest absolute Gasteiger partial charge is 0.156 e. The van der Waals surface area contributed by atoms with E-state index in [1.165, 1.54) is 5.57 Å². The molecule has 0 amide bonds. The van der Waals surface area contributed by atoms with Crippen molar-refractivity contribution in [3.63, 3.8) is 0 Å². The first kappa shape index (κ1) is 23.3. The van der Waals surface area contributed by atoms with Gasteiger partial charge < -0.3 is 28.5 Å². The van der Waals surface area contributed by atoms with E-state index in [1.54, 1.807) is 6.08 Å². The molecule has 0 saturated carbocycles. The van der Waals surface area contributed by atoms with Crippen LogP contribution in [0.3, 0.4) is 0 Å². The van der Waals surface area contributed by atoms with Crippen LogP contribution in [0, 0.1) is 5.41 Å². The van der Waals surface area contributed by atoms with Crippen molar-refractivity contribution >= 4 is 5.78 Å². The molecule has 6 nitrogen and oxygen atoms in total. The van der Waals surface area contributed by atoms with Crippen LogP contribution in [0.15, 0.2) is 11.6 Å². The summed E-state index contributed by atoms with van der Waals surface area (Å²) >= 11 is 0. The first-order chi connectivity index (χ1) is 7.91. The Bertz CT molecular complexity index is 261. The number of carbonyl (C=O) groups is 1. The van der Waals surface area contributed by atoms with Crippen LogP contribution in [0.5, 0.6) is 0 Å². The summed E-state index contributed by atoms with van der Waals surface area (Å²) in [4.78, 5) is 11.0. The third-order valence-electron chi connectivity index (χ3n) is 2.43. The number of nitrogens with two attached hydrogens (primary N) is 1. The quantitative estimate of drug-likeness (QED) is 0.487. The van der Waals surface area contributed by atoms with Crippen LogP contribution in [0.25, 0.3) is 0 Å². The first-order valence-corrected chi connectivity index (χ1v) is 6.13. The number of nitrogens with one attached hydrogen (secondary N) is 1. The summed E-state index contributed by atoms with van der Waals surface area (Å²) < 4.78 is 0. The topological polar surface area (TPSA) is 145 Å². The van der Waals surface area contributed by atoms with Crippen molar-refractivity contribution in [2.75, 3.05) is 26.2 Å². The van der Waals surface area contributed by atoms with Gasteiger partial charge in [0, 0.05) is 26.1 Å². The Morgan fingerprint density at radius 1 is 1.32 bits per heavy atom. The predicted molar refractivity (Wildman–Crippen MR) is 80.8 cm³/mol. The molecule has 0 spiro atoms. The molecule has 0 unspecified atom stereocenters. The molecule has 0 aliphatic heterocycles. The van der Waals surface area contributed by atoms with Crippen LogP contribution >= 0.6 is 0 Å².